The molecular weight excluding hydrogens is 444 g/mol. The summed E-state index contributed by atoms with van der Waals surface area (Å²) in [5, 5.41) is 2.32. The molecule has 4 heteroatoms. The number of fused-ring (bicyclic) bond motifs is 5. The molecule has 1 amide bonds. The third kappa shape index (κ3) is 2.38. The van der Waals surface area contributed by atoms with Gasteiger partial charge < -0.3 is 4.90 Å². The van der Waals surface area contributed by atoms with Crippen LogP contribution in [0.4, 0.5) is 5.69 Å². The van der Waals surface area contributed by atoms with Gasteiger partial charge in [0, 0.05) is 36.3 Å². The van der Waals surface area contributed by atoms with E-state index in [9.17, 15) is 9.59 Å². The number of hydrogen-bond donors (Lipinski definition) is 0. The van der Waals surface area contributed by atoms with Crippen molar-refractivity contribution in [1.82, 2.24) is 4.90 Å². The topological polar surface area (TPSA) is 40.6 Å². The Bertz CT molecular complexity index is 1570. The molecule has 0 unspecified atom stereocenters. The first-order valence-corrected chi connectivity index (χ1v) is 12.7. The highest BCUT2D eigenvalue weighted by Crippen LogP contribution is 2.67. The van der Waals surface area contributed by atoms with Gasteiger partial charge in [-0.3, -0.25) is 14.5 Å². The van der Waals surface area contributed by atoms with E-state index >= 15 is 0 Å². The molecule has 4 aromatic carbocycles. The van der Waals surface area contributed by atoms with Crippen LogP contribution in [0.25, 0.3) is 10.8 Å². The molecule has 1 aliphatic carbocycles. The Morgan fingerprint density at radius 2 is 1.53 bits per heavy atom. The highest BCUT2D eigenvalue weighted by molar-refractivity contribution is 6.16. The van der Waals surface area contributed by atoms with Gasteiger partial charge in [-0.15, -0.1) is 0 Å². The van der Waals surface area contributed by atoms with Crippen molar-refractivity contribution >= 4 is 28.2 Å². The van der Waals surface area contributed by atoms with Crippen LogP contribution in [0.3, 0.4) is 0 Å². The minimum Gasteiger partial charge on any atom is -0.313 e. The predicted molar refractivity (Wildman–Crippen MR) is 142 cm³/mol. The minimum atomic E-state index is -1.05. The van der Waals surface area contributed by atoms with Crippen LogP contribution in [0.15, 0.2) is 91.0 Å². The Morgan fingerprint density at radius 1 is 0.806 bits per heavy atom. The Balaban J connectivity index is 1.58. The highest BCUT2D eigenvalue weighted by atomic mass is 16.2. The van der Waals surface area contributed by atoms with E-state index in [-0.39, 0.29) is 17.6 Å². The number of Topliss-reactive ketones (excluding diaryl/α,β-unsaturated/α-hetero) is 1. The summed E-state index contributed by atoms with van der Waals surface area (Å²) < 4.78 is 0. The van der Waals surface area contributed by atoms with Gasteiger partial charge in [0.25, 0.3) is 5.91 Å². The zero-order valence-electron chi connectivity index (χ0n) is 20.6. The minimum absolute atomic E-state index is 0.00154. The molecule has 1 saturated heterocycles. The fraction of sp³-hybridized carbons (Fsp3) is 0.250. The molecule has 2 spiro atoms. The monoisotopic (exact) mass is 472 g/mol. The smallest absolute Gasteiger partial charge is 0.253 e. The summed E-state index contributed by atoms with van der Waals surface area (Å²) >= 11 is 0. The largest absolute Gasteiger partial charge is 0.313 e. The molecule has 4 nitrogen and oxygen atoms in total. The number of carbonyl (C=O) groups is 2. The zero-order valence-corrected chi connectivity index (χ0v) is 20.6. The first kappa shape index (κ1) is 21.5. The van der Waals surface area contributed by atoms with Crippen molar-refractivity contribution in [1.29, 1.82) is 0 Å². The van der Waals surface area contributed by atoms with Crippen LogP contribution in [0.2, 0.25) is 0 Å². The average Bonchev–Trinajstić information content (AvgIpc) is 3.31. The van der Waals surface area contributed by atoms with Crippen LogP contribution >= 0.6 is 0 Å². The van der Waals surface area contributed by atoms with Crippen LogP contribution in [0.1, 0.15) is 39.4 Å². The average molecular weight is 473 g/mol. The number of rotatable bonds is 1. The summed E-state index contributed by atoms with van der Waals surface area (Å²) in [4.78, 5) is 33.4. The van der Waals surface area contributed by atoms with E-state index in [0.29, 0.717) is 13.0 Å². The first-order chi connectivity index (χ1) is 17.5. The second kappa shape index (κ2) is 7.37. The molecule has 1 fully saturated rings. The number of likely N-dealkylation sites (tertiary alicyclic amines) is 1. The van der Waals surface area contributed by atoms with Gasteiger partial charge in [-0.2, -0.15) is 0 Å². The molecule has 0 saturated carbocycles. The maximum atomic E-state index is 14.9. The third-order valence-electron chi connectivity index (χ3n) is 9.19. The summed E-state index contributed by atoms with van der Waals surface area (Å²) in [5.74, 6) is -0.0234. The van der Waals surface area contributed by atoms with E-state index in [1.165, 1.54) is 0 Å². The molecule has 0 bridgehead atoms. The summed E-state index contributed by atoms with van der Waals surface area (Å²) in [5.41, 5.74) is 2.90. The number of para-hydroxylation sites is 1. The first-order valence-electron chi connectivity index (χ1n) is 12.7. The van der Waals surface area contributed by atoms with Crippen LogP contribution < -0.4 is 4.90 Å². The maximum absolute atomic E-state index is 14.9. The van der Waals surface area contributed by atoms with Crippen molar-refractivity contribution in [2.45, 2.75) is 24.3 Å². The summed E-state index contributed by atoms with van der Waals surface area (Å²) in [6, 6.07) is 30.8. The molecule has 7 rings (SSSR count). The number of ketones is 1. The summed E-state index contributed by atoms with van der Waals surface area (Å²) in [6.45, 7) is 0.635. The van der Waals surface area contributed by atoms with Crippen molar-refractivity contribution in [2.24, 2.45) is 5.41 Å². The zero-order chi connectivity index (χ0) is 24.7. The van der Waals surface area contributed by atoms with Gasteiger partial charge >= 0.3 is 0 Å². The lowest BCUT2D eigenvalue weighted by Gasteiger charge is -2.48. The Labute approximate surface area is 211 Å². The fourth-order valence-electron chi connectivity index (χ4n) is 7.74. The molecule has 3 aliphatic rings. The number of benzene rings is 4. The lowest BCUT2D eigenvalue weighted by atomic mass is 9.53. The highest BCUT2D eigenvalue weighted by Gasteiger charge is 2.74. The third-order valence-corrected chi connectivity index (χ3v) is 9.19. The van der Waals surface area contributed by atoms with E-state index in [4.69, 9.17) is 0 Å². The number of nitrogens with zero attached hydrogens (tertiary/aromatic N) is 2. The molecule has 36 heavy (non-hydrogen) atoms. The second-order valence-corrected chi connectivity index (χ2v) is 10.6. The van der Waals surface area contributed by atoms with Crippen molar-refractivity contribution < 1.29 is 9.59 Å². The van der Waals surface area contributed by atoms with Gasteiger partial charge in [0.05, 0.1) is 5.41 Å². The van der Waals surface area contributed by atoms with Gasteiger partial charge in [0.2, 0.25) is 0 Å². The number of anilines is 1. The normalized spacial score (nSPS) is 27.3. The number of carbonyl (C=O) groups excluding carboxylic acids is 2. The van der Waals surface area contributed by atoms with E-state index in [1.807, 2.05) is 50.5 Å². The van der Waals surface area contributed by atoms with Crippen LogP contribution in [-0.2, 0) is 16.8 Å². The molecule has 0 radical (unpaired) electrons. The van der Waals surface area contributed by atoms with Crippen molar-refractivity contribution in [3.05, 3.63) is 113 Å². The number of likely N-dealkylation sites (N-methyl/N-ethyl adjacent to an activating group) is 2. The fourth-order valence-corrected chi connectivity index (χ4v) is 7.74. The number of aryl methyl sites for hydroxylation is 1. The number of hydrogen-bond acceptors (Lipinski definition) is 3. The second-order valence-electron chi connectivity index (χ2n) is 10.6. The molecule has 0 N–H and O–H groups in total. The van der Waals surface area contributed by atoms with Crippen LogP contribution in [-0.4, -0.2) is 37.2 Å². The van der Waals surface area contributed by atoms with Gasteiger partial charge in [-0.25, -0.2) is 0 Å². The van der Waals surface area contributed by atoms with Crippen molar-refractivity contribution in [2.75, 3.05) is 25.5 Å². The van der Waals surface area contributed by atoms with Crippen molar-refractivity contribution in [3.8, 4) is 0 Å². The molecule has 3 atom stereocenters. The van der Waals surface area contributed by atoms with Gasteiger partial charge in [-0.05, 0) is 47.9 Å². The Morgan fingerprint density at radius 3 is 2.42 bits per heavy atom. The van der Waals surface area contributed by atoms with Crippen LogP contribution in [0.5, 0.6) is 0 Å². The molecule has 4 aromatic rings. The van der Waals surface area contributed by atoms with Gasteiger partial charge in [0.1, 0.15) is 5.54 Å². The van der Waals surface area contributed by atoms with E-state index in [1.54, 1.807) is 4.90 Å². The standard InChI is InChI=1S/C32H28N2O2/c1-33-20-27(25-15-9-12-21-10-3-5-13-23(21)25)31(19-18-22-11-4-6-14-24(22)29(31)35)32(33)26-16-7-8-17-28(26)34(2)30(32)36/h3-17,27H,18-20H2,1-2H3/t27-,31+,32+/m1/s1. The molecule has 2 heterocycles. The van der Waals surface area contributed by atoms with Gasteiger partial charge in [0.15, 0.2) is 5.78 Å². The van der Waals surface area contributed by atoms with E-state index in [2.05, 4.69) is 59.5 Å². The molecule has 0 aromatic heterocycles. The molecule has 2 aliphatic heterocycles. The summed E-state index contributed by atoms with van der Waals surface area (Å²) in [7, 11) is 3.89. The van der Waals surface area contributed by atoms with E-state index in [0.717, 1.165) is 45.1 Å². The lowest BCUT2D eigenvalue weighted by Crippen LogP contribution is -2.61. The Kier molecular flexibility index (Phi) is 4.41. The van der Waals surface area contributed by atoms with Gasteiger partial charge in [-0.1, -0.05) is 84.9 Å². The lowest BCUT2D eigenvalue weighted by molar-refractivity contribution is -0.132. The summed E-state index contributed by atoms with van der Waals surface area (Å²) in [6.07, 6.45) is 1.41. The quantitative estimate of drug-likeness (QED) is 0.364. The van der Waals surface area contributed by atoms with Crippen LogP contribution in [0, 0.1) is 5.41 Å². The molecule has 178 valence electrons. The number of amides is 1. The predicted octanol–water partition coefficient (Wildman–Crippen LogP) is 5.56. The Hall–Kier alpha value is -3.76. The SMILES string of the molecule is CN1C(=O)[C@]2(c3ccccc31)N(C)C[C@H](c1cccc3ccccc13)[C@]21CCc2ccccc2C1=O. The van der Waals surface area contributed by atoms with Crippen molar-refractivity contribution in [3.63, 3.8) is 0 Å². The molecular formula is C32H28N2O2. The van der Waals surface area contributed by atoms with E-state index < -0.39 is 11.0 Å². The maximum Gasteiger partial charge on any atom is 0.253 e.